The minimum atomic E-state index is -0.118. The zero-order valence-corrected chi connectivity index (χ0v) is 8.88. The molecule has 1 atom stereocenters. The lowest BCUT2D eigenvalue weighted by Crippen LogP contribution is -2.19. The Labute approximate surface area is 89.1 Å². The Bertz CT molecular complexity index is 315. The van der Waals surface area contributed by atoms with Crippen LogP contribution in [0.2, 0.25) is 17.7 Å². The third kappa shape index (κ3) is 3.03. The number of amides is 1. The van der Waals surface area contributed by atoms with E-state index < -0.39 is 0 Å². The molecule has 0 spiro atoms. The van der Waals surface area contributed by atoms with E-state index in [1.165, 1.54) is 6.20 Å². The van der Waals surface area contributed by atoms with E-state index in [2.05, 4.69) is 10.3 Å². The van der Waals surface area contributed by atoms with Gasteiger partial charge in [0.1, 0.15) is 13.1 Å². The van der Waals surface area contributed by atoms with Crippen molar-refractivity contribution in [3.63, 3.8) is 0 Å². The van der Waals surface area contributed by atoms with Crippen LogP contribution in [0.3, 0.4) is 0 Å². The third-order valence-corrected chi connectivity index (χ3v) is 2.12. The maximum Gasteiger partial charge on any atom is 0.220 e. The summed E-state index contributed by atoms with van der Waals surface area (Å²) in [6, 6.07) is 3.35. The van der Waals surface area contributed by atoms with E-state index in [-0.39, 0.29) is 11.7 Å². The molecular formula is C9H11BClN2O. The molecule has 1 rings (SSSR count). The molecule has 0 saturated carbocycles. The molecule has 1 N–H and O–H groups in total. The van der Waals surface area contributed by atoms with E-state index >= 15 is 0 Å². The first-order valence-corrected chi connectivity index (χ1v) is 4.73. The zero-order valence-electron chi connectivity index (χ0n) is 8.12. The summed E-state index contributed by atoms with van der Waals surface area (Å²) in [5, 5.41) is 3.23. The highest BCUT2D eigenvalue weighted by molar-refractivity contribution is 6.43. The number of halogens is 1. The van der Waals surface area contributed by atoms with Gasteiger partial charge in [-0.3, -0.25) is 4.79 Å². The fraction of sp³-hybridized carbons (Fsp3) is 0.333. The number of anilines is 1. The van der Waals surface area contributed by atoms with E-state index in [1.807, 2.05) is 21.0 Å². The average molecular weight is 209 g/mol. The third-order valence-electron chi connectivity index (χ3n) is 1.89. The molecule has 1 aromatic heterocycles. The number of pyridine rings is 1. The molecular weight excluding hydrogens is 198 g/mol. The summed E-state index contributed by atoms with van der Waals surface area (Å²) in [6.07, 6.45) is 1.50. The van der Waals surface area contributed by atoms with Crippen LogP contribution < -0.4 is 5.32 Å². The van der Waals surface area contributed by atoms with Crippen molar-refractivity contribution < 1.29 is 4.79 Å². The van der Waals surface area contributed by atoms with Gasteiger partial charge in [-0.25, -0.2) is 4.98 Å². The van der Waals surface area contributed by atoms with Gasteiger partial charge in [0.25, 0.3) is 0 Å². The minimum Gasteiger partial charge on any atom is -0.311 e. The van der Waals surface area contributed by atoms with Gasteiger partial charge in [0.05, 0.1) is 5.02 Å². The monoisotopic (exact) mass is 209 g/mol. The largest absolute Gasteiger partial charge is 0.311 e. The van der Waals surface area contributed by atoms with Crippen LogP contribution in [-0.4, -0.2) is 18.2 Å². The molecule has 5 heteroatoms. The van der Waals surface area contributed by atoms with Crippen molar-refractivity contribution in [3.8, 4) is 0 Å². The first-order chi connectivity index (χ1) is 6.63. The van der Waals surface area contributed by atoms with Crippen molar-refractivity contribution in [1.29, 1.82) is 0 Å². The second-order valence-corrected chi connectivity index (χ2v) is 3.41. The van der Waals surface area contributed by atoms with E-state index in [0.29, 0.717) is 10.8 Å². The van der Waals surface area contributed by atoms with Gasteiger partial charge >= 0.3 is 0 Å². The molecule has 1 heterocycles. The standard InChI is InChI=1S/C9H11BClN2O/c1-6(10-2)9(14)13-8-4-3-7(11)5-12-8/h3-6H,1-2H3,(H,12,13,14). The van der Waals surface area contributed by atoms with Gasteiger partial charge in [-0.1, -0.05) is 25.3 Å². The maximum atomic E-state index is 11.4. The lowest BCUT2D eigenvalue weighted by atomic mass is 9.67. The molecule has 1 radical (unpaired) electrons. The highest BCUT2D eigenvalue weighted by Gasteiger charge is 2.11. The molecule has 0 saturated heterocycles. The molecule has 73 valence electrons. The van der Waals surface area contributed by atoms with Crippen molar-refractivity contribution in [2.24, 2.45) is 0 Å². The Hall–Kier alpha value is -1.03. The van der Waals surface area contributed by atoms with Crippen molar-refractivity contribution in [2.45, 2.75) is 19.6 Å². The van der Waals surface area contributed by atoms with Crippen LogP contribution in [0.4, 0.5) is 5.82 Å². The Morgan fingerprint density at radius 3 is 2.86 bits per heavy atom. The number of hydrogen-bond donors (Lipinski definition) is 1. The smallest absolute Gasteiger partial charge is 0.220 e. The predicted octanol–water partition coefficient (Wildman–Crippen LogP) is 2.23. The first-order valence-electron chi connectivity index (χ1n) is 4.35. The van der Waals surface area contributed by atoms with Gasteiger partial charge < -0.3 is 5.32 Å². The minimum absolute atomic E-state index is 0.0673. The van der Waals surface area contributed by atoms with E-state index in [0.717, 1.165) is 0 Å². The topological polar surface area (TPSA) is 42.0 Å². The Balaban J connectivity index is 2.60. The van der Waals surface area contributed by atoms with Gasteiger partial charge in [-0.05, 0) is 12.1 Å². The highest BCUT2D eigenvalue weighted by atomic mass is 35.5. The molecule has 0 aliphatic rings. The Morgan fingerprint density at radius 1 is 1.64 bits per heavy atom. The molecule has 3 nitrogen and oxygen atoms in total. The van der Waals surface area contributed by atoms with Gasteiger partial charge in [0, 0.05) is 12.0 Å². The number of hydrogen-bond acceptors (Lipinski definition) is 2. The summed E-state index contributed by atoms with van der Waals surface area (Å²) in [6.45, 7) is 3.67. The van der Waals surface area contributed by atoms with E-state index in [1.54, 1.807) is 12.1 Å². The molecule has 0 bridgehead atoms. The number of aromatic nitrogens is 1. The lowest BCUT2D eigenvalue weighted by Gasteiger charge is -2.08. The van der Waals surface area contributed by atoms with Gasteiger partial charge in [-0.2, -0.15) is 0 Å². The first kappa shape index (κ1) is 11.1. The second-order valence-electron chi connectivity index (χ2n) is 2.97. The fourth-order valence-corrected chi connectivity index (χ4v) is 0.953. The van der Waals surface area contributed by atoms with Gasteiger partial charge in [0.15, 0.2) is 0 Å². The summed E-state index contributed by atoms with van der Waals surface area (Å²) < 4.78 is 0. The number of rotatable bonds is 3. The predicted molar refractivity (Wildman–Crippen MR) is 58.9 cm³/mol. The van der Waals surface area contributed by atoms with Crippen molar-refractivity contribution in [1.82, 2.24) is 4.98 Å². The van der Waals surface area contributed by atoms with Crippen LogP contribution in [0.5, 0.6) is 0 Å². The van der Waals surface area contributed by atoms with Crippen LogP contribution >= 0.6 is 11.6 Å². The Morgan fingerprint density at radius 2 is 2.36 bits per heavy atom. The zero-order chi connectivity index (χ0) is 10.6. The van der Waals surface area contributed by atoms with Crippen LogP contribution in [0.15, 0.2) is 18.3 Å². The molecule has 1 unspecified atom stereocenters. The van der Waals surface area contributed by atoms with Crippen LogP contribution in [0, 0.1) is 0 Å². The normalized spacial score (nSPS) is 11.9. The molecule has 0 aliphatic heterocycles. The molecule has 0 fully saturated rings. The second kappa shape index (κ2) is 5.01. The summed E-state index contributed by atoms with van der Waals surface area (Å²) in [7, 11) is 1.82. The fourth-order valence-electron chi connectivity index (χ4n) is 0.841. The van der Waals surface area contributed by atoms with Crippen LogP contribution in [0.25, 0.3) is 0 Å². The molecule has 14 heavy (non-hydrogen) atoms. The van der Waals surface area contributed by atoms with Crippen molar-refractivity contribution >= 4 is 30.6 Å². The molecule has 1 aromatic rings. The van der Waals surface area contributed by atoms with E-state index in [9.17, 15) is 4.79 Å². The quantitative estimate of drug-likeness (QED) is 0.776. The summed E-state index contributed by atoms with van der Waals surface area (Å²) in [5.74, 6) is 0.336. The molecule has 0 aromatic carbocycles. The van der Waals surface area contributed by atoms with Crippen molar-refractivity contribution in [2.75, 3.05) is 5.32 Å². The summed E-state index contributed by atoms with van der Waals surface area (Å²) >= 11 is 5.66. The number of carbonyl (C=O) groups is 1. The molecule has 0 aliphatic carbocycles. The molecule has 1 amide bonds. The SMILES string of the molecule is C[B]C(C)C(=O)Nc1ccc(Cl)cn1. The summed E-state index contributed by atoms with van der Waals surface area (Å²) in [5.41, 5.74) is 0. The lowest BCUT2D eigenvalue weighted by molar-refractivity contribution is -0.115. The maximum absolute atomic E-state index is 11.4. The number of nitrogens with zero attached hydrogens (tertiary/aromatic N) is 1. The van der Waals surface area contributed by atoms with Crippen molar-refractivity contribution in [3.05, 3.63) is 23.4 Å². The Kier molecular flexibility index (Phi) is 3.95. The van der Waals surface area contributed by atoms with Gasteiger partial charge in [-0.15, -0.1) is 0 Å². The van der Waals surface area contributed by atoms with Crippen LogP contribution in [0.1, 0.15) is 6.92 Å². The summed E-state index contributed by atoms with van der Waals surface area (Å²) in [4.78, 5) is 15.4. The number of nitrogens with one attached hydrogen (secondary N) is 1. The van der Waals surface area contributed by atoms with Crippen LogP contribution in [-0.2, 0) is 4.79 Å². The number of carbonyl (C=O) groups excluding carboxylic acids is 1. The van der Waals surface area contributed by atoms with Gasteiger partial charge in [0.2, 0.25) is 5.91 Å². The average Bonchev–Trinajstić information content (AvgIpc) is 2.20. The van der Waals surface area contributed by atoms with E-state index in [4.69, 9.17) is 11.6 Å². The highest BCUT2D eigenvalue weighted by Crippen LogP contribution is 2.11.